The van der Waals surface area contributed by atoms with E-state index >= 15 is 0 Å². The third kappa shape index (κ3) is 17.9. The predicted octanol–water partition coefficient (Wildman–Crippen LogP) is 12.3. The van der Waals surface area contributed by atoms with Crippen LogP contribution >= 0.6 is 0 Å². The van der Waals surface area contributed by atoms with Crippen molar-refractivity contribution in [2.45, 2.75) is 193 Å². The fourth-order valence-electron chi connectivity index (χ4n) is 6.64. The van der Waals surface area contributed by atoms with Crippen LogP contribution in [0, 0.1) is 0 Å². The molecule has 0 aliphatic rings. The molecule has 0 aliphatic heterocycles. The molecule has 0 radical (unpaired) electrons. The highest BCUT2D eigenvalue weighted by atomic mass is 32.2. The van der Waals surface area contributed by atoms with Gasteiger partial charge in [0.15, 0.2) is 6.10 Å². The number of hydrogen-bond donors (Lipinski definition) is 2. The summed E-state index contributed by atoms with van der Waals surface area (Å²) in [6, 6.07) is 12.5. The van der Waals surface area contributed by atoms with Crippen LogP contribution in [0.5, 0.6) is 11.5 Å². The number of nitrogens with one attached hydrogen (secondary N) is 2. The Morgan fingerprint density at radius 3 is 1.90 bits per heavy atom. The standard InChI is InChI=1S/C44H74N2O5S/c1-7-11-14-16-18-19-20-21-22-24-30-41(43(47)45-10-4)51-39-29-27-28-38(36-39)46-52(48,49)42-35-37(44(5,6)33-25-13-9-3)31-32-40(42)50-34-26-23-17-15-12-8-2/h27-29,31-32,35-36,41,46H,7-26,30,33-34H2,1-6H3,(H,45,47). The van der Waals surface area contributed by atoms with E-state index in [0.29, 0.717) is 36.8 Å². The molecular formula is C44H74N2O5S. The lowest BCUT2D eigenvalue weighted by Gasteiger charge is -2.26. The number of sulfonamides is 1. The second-order valence-electron chi connectivity index (χ2n) is 15.2. The third-order valence-electron chi connectivity index (χ3n) is 10.0. The molecule has 2 aromatic rings. The zero-order valence-corrected chi connectivity index (χ0v) is 34.6. The van der Waals surface area contributed by atoms with Crippen molar-refractivity contribution < 1.29 is 22.7 Å². The topological polar surface area (TPSA) is 93.7 Å². The van der Waals surface area contributed by atoms with Crippen LogP contribution in [0.15, 0.2) is 47.4 Å². The molecule has 0 fully saturated rings. The highest BCUT2D eigenvalue weighted by Crippen LogP contribution is 2.35. The smallest absolute Gasteiger partial charge is 0.265 e. The maximum absolute atomic E-state index is 14.1. The minimum Gasteiger partial charge on any atom is -0.492 e. The van der Waals surface area contributed by atoms with E-state index in [2.05, 4.69) is 44.7 Å². The van der Waals surface area contributed by atoms with Gasteiger partial charge in [-0.05, 0) is 67.9 Å². The summed E-state index contributed by atoms with van der Waals surface area (Å²) < 4.78 is 43.4. The Bertz CT molecular complexity index is 1360. The van der Waals surface area contributed by atoms with E-state index in [4.69, 9.17) is 9.47 Å². The fraction of sp³-hybridized carbons (Fsp3) is 0.705. The van der Waals surface area contributed by atoms with Gasteiger partial charge in [0.25, 0.3) is 15.9 Å². The maximum atomic E-state index is 14.1. The quantitative estimate of drug-likeness (QED) is 0.0750. The first-order chi connectivity index (χ1) is 25.1. The molecule has 2 N–H and O–H groups in total. The second kappa shape index (κ2) is 26.1. The molecule has 2 rings (SSSR count). The van der Waals surface area contributed by atoms with E-state index in [1.54, 1.807) is 30.3 Å². The number of likely N-dealkylation sites (N-methyl/N-ethyl adjacent to an activating group) is 1. The molecule has 296 valence electrons. The minimum atomic E-state index is -4.02. The highest BCUT2D eigenvalue weighted by Gasteiger charge is 2.27. The molecule has 0 spiro atoms. The maximum Gasteiger partial charge on any atom is 0.265 e. The molecule has 0 saturated heterocycles. The van der Waals surface area contributed by atoms with Crippen LogP contribution in [0.2, 0.25) is 0 Å². The lowest BCUT2D eigenvalue weighted by Crippen LogP contribution is -2.38. The van der Waals surface area contributed by atoms with E-state index < -0.39 is 16.1 Å². The van der Waals surface area contributed by atoms with Crippen LogP contribution in [0.3, 0.4) is 0 Å². The Labute approximate surface area is 318 Å². The van der Waals surface area contributed by atoms with E-state index in [1.165, 1.54) is 64.2 Å². The first-order valence-electron chi connectivity index (χ1n) is 20.9. The monoisotopic (exact) mass is 743 g/mol. The molecule has 0 aliphatic carbocycles. The van der Waals surface area contributed by atoms with Crippen molar-refractivity contribution in [1.29, 1.82) is 0 Å². The number of hydrogen-bond acceptors (Lipinski definition) is 5. The number of carbonyl (C=O) groups excluding carboxylic acids is 1. The number of anilines is 1. The molecule has 1 amide bonds. The summed E-state index contributed by atoms with van der Waals surface area (Å²) >= 11 is 0. The van der Waals surface area contributed by atoms with Gasteiger partial charge in [-0.3, -0.25) is 9.52 Å². The molecule has 0 aromatic heterocycles. The summed E-state index contributed by atoms with van der Waals surface area (Å²) in [4.78, 5) is 13.1. The van der Waals surface area contributed by atoms with Crippen molar-refractivity contribution in [2.75, 3.05) is 17.9 Å². The second-order valence-corrected chi connectivity index (χ2v) is 16.9. The van der Waals surface area contributed by atoms with Crippen molar-refractivity contribution >= 4 is 21.6 Å². The molecule has 52 heavy (non-hydrogen) atoms. The van der Waals surface area contributed by atoms with Crippen LogP contribution in [-0.4, -0.2) is 33.6 Å². The van der Waals surface area contributed by atoms with E-state index in [0.717, 1.165) is 69.8 Å². The Kier molecular flexibility index (Phi) is 22.8. The van der Waals surface area contributed by atoms with Crippen LogP contribution < -0.4 is 19.5 Å². The third-order valence-corrected chi connectivity index (χ3v) is 11.4. The zero-order valence-electron chi connectivity index (χ0n) is 33.8. The molecule has 1 unspecified atom stereocenters. The normalized spacial score (nSPS) is 12.4. The van der Waals surface area contributed by atoms with Gasteiger partial charge in [0, 0.05) is 12.6 Å². The predicted molar refractivity (Wildman–Crippen MR) is 219 cm³/mol. The van der Waals surface area contributed by atoms with E-state index in [1.807, 2.05) is 19.1 Å². The van der Waals surface area contributed by atoms with Gasteiger partial charge in [-0.1, -0.05) is 156 Å². The molecular weight excluding hydrogens is 669 g/mol. The molecule has 8 heteroatoms. The number of unbranched alkanes of at least 4 members (excludes halogenated alkanes) is 16. The zero-order chi connectivity index (χ0) is 38.1. The lowest BCUT2D eigenvalue weighted by atomic mass is 9.80. The summed E-state index contributed by atoms with van der Waals surface area (Å²) in [6.45, 7) is 13.9. The van der Waals surface area contributed by atoms with Gasteiger partial charge in [0.1, 0.15) is 16.4 Å². The average molecular weight is 743 g/mol. The van der Waals surface area contributed by atoms with Crippen LogP contribution in [0.4, 0.5) is 5.69 Å². The van der Waals surface area contributed by atoms with Crippen molar-refractivity contribution in [3.8, 4) is 11.5 Å². The van der Waals surface area contributed by atoms with Crippen LogP contribution in [-0.2, 0) is 20.2 Å². The van der Waals surface area contributed by atoms with Crippen molar-refractivity contribution in [3.05, 3.63) is 48.0 Å². The van der Waals surface area contributed by atoms with Gasteiger partial charge in [-0.25, -0.2) is 8.42 Å². The van der Waals surface area contributed by atoms with E-state index in [-0.39, 0.29) is 16.2 Å². The summed E-state index contributed by atoms with van der Waals surface area (Å²) in [7, 11) is -4.02. The summed E-state index contributed by atoms with van der Waals surface area (Å²) in [5.74, 6) is 0.679. The fourth-order valence-corrected chi connectivity index (χ4v) is 7.86. The lowest BCUT2D eigenvalue weighted by molar-refractivity contribution is -0.128. The first kappa shape index (κ1) is 45.4. The van der Waals surface area contributed by atoms with Gasteiger partial charge >= 0.3 is 0 Å². The molecule has 2 aromatic carbocycles. The number of ether oxygens (including phenoxy) is 2. The van der Waals surface area contributed by atoms with E-state index in [9.17, 15) is 13.2 Å². The molecule has 7 nitrogen and oxygen atoms in total. The van der Waals surface area contributed by atoms with Crippen molar-refractivity contribution in [1.82, 2.24) is 5.32 Å². The van der Waals surface area contributed by atoms with Gasteiger partial charge in [-0.15, -0.1) is 0 Å². The van der Waals surface area contributed by atoms with Gasteiger partial charge in [-0.2, -0.15) is 0 Å². The SMILES string of the molecule is CCCCCCCCCCCCC(Oc1cccc(NS(=O)(=O)c2cc(C(C)(C)CCCCC)ccc2OCCCCCCCC)c1)C(=O)NCC. The molecule has 0 bridgehead atoms. The number of rotatable bonds is 31. The first-order valence-corrected chi connectivity index (χ1v) is 22.4. The van der Waals surface area contributed by atoms with Crippen molar-refractivity contribution in [3.63, 3.8) is 0 Å². The minimum absolute atomic E-state index is 0.144. The summed E-state index contributed by atoms with van der Waals surface area (Å²) in [5.41, 5.74) is 1.16. The summed E-state index contributed by atoms with van der Waals surface area (Å²) in [5, 5.41) is 2.91. The highest BCUT2D eigenvalue weighted by molar-refractivity contribution is 7.92. The molecule has 1 atom stereocenters. The van der Waals surface area contributed by atoms with Crippen molar-refractivity contribution in [2.24, 2.45) is 0 Å². The largest absolute Gasteiger partial charge is 0.492 e. The molecule has 0 heterocycles. The molecule has 0 saturated carbocycles. The Balaban J connectivity index is 2.17. The number of benzene rings is 2. The summed E-state index contributed by atoms with van der Waals surface area (Å²) in [6.07, 6.45) is 23.3. The van der Waals surface area contributed by atoms with Gasteiger partial charge < -0.3 is 14.8 Å². The van der Waals surface area contributed by atoms with Crippen LogP contribution in [0.25, 0.3) is 0 Å². The number of amides is 1. The van der Waals surface area contributed by atoms with Gasteiger partial charge in [0.2, 0.25) is 0 Å². The number of carbonyl (C=O) groups is 1. The average Bonchev–Trinajstić information content (AvgIpc) is 3.11. The Hall–Kier alpha value is -2.74. The Morgan fingerprint density at radius 1 is 0.712 bits per heavy atom. The van der Waals surface area contributed by atoms with Gasteiger partial charge in [0.05, 0.1) is 12.3 Å². The Morgan fingerprint density at radius 2 is 1.29 bits per heavy atom. The van der Waals surface area contributed by atoms with Crippen LogP contribution in [0.1, 0.15) is 182 Å².